The molecule has 2 rings (SSSR count). The molecule has 2 aromatic rings. The molecule has 0 atom stereocenters. The zero-order chi connectivity index (χ0) is 13.9. The first-order valence-corrected chi connectivity index (χ1v) is 6.76. The van der Waals surface area contributed by atoms with Gasteiger partial charge in [-0.15, -0.1) is 0 Å². The number of benzene rings is 1. The summed E-state index contributed by atoms with van der Waals surface area (Å²) in [4.78, 5) is 4.77. The fourth-order valence-corrected chi connectivity index (χ4v) is 2.24. The molecule has 0 aliphatic heterocycles. The first-order chi connectivity index (χ1) is 9.00. The number of imidazole rings is 1. The summed E-state index contributed by atoms with van der Waals surface area (Å²) in [7, 11) is 1.95. The fraction of sp³-hybridized carbons (Fsp3) is 0.438. The maximum Gasteiger partial charge on any atom is 0.114 e. The second-order valence-electron chi connectivity index (χ2n) is 5.95. The topological polar surface area (TPSA) is 29.9 Å². The van der Waals surface area contributed by atoms with Crippen molar-refractivity contribution < 1.29 is 0 Å². The van der Waals surface area contributed by atoms with E-state index in [2.05, 4.69) is 67.2 Å². The van der Waals surface area contributed by atoms with E-state index < -0.39 is 0 Å². The summed E-state index contributed by atoms with van der Waals surface area (Å²) in [6.07, 6.45) is 2.16. The summed E-state index contributed by atoms with van der Waals surface area (Å²) in [5, 5.41) is 3.16. The van der Waals surface area contributed by atoms with Crippen molar-refractivity contribution in [2.45, 2.75) is 39.3 Å². The third-order valence-electron chi connectivity index (χ3n) is 3.05. The second kappa shape index (κ2) is 5.57. The van der Waals surface area contributed by atoms with Crippen LogP contribution in [0, 0.1) is 0 Å². The van der Waals surface area contributed by atoms with Gasteiger partial charge < -0.3 is 9.88 Å². The van der Waals surface area contributed by atoms with Crippen LogP contribution < -0.4 is 5.32 Å². The molecule has 0 fully saturated rings. The smallest absolute Gasteiger partial charge is 0.114 e. The first-order valence-electron chi connectivity index (χ1n) is 6.76. The number of aromatic nitrogens is 2. The summed E-state index contributed by atoms with van der Waals surface area (Å²) in [5.41, 5.74) is 2.46. The zero-order valence-corrected chi connectivity index (χ0v) is 12.3. The molecule has 3 heteroatoms. The van der Waals surface area contributed by atoms with Gasteiger partial charge in [0.15, 0.2) is 0 Å². The van der Waals surface area contributed by atoms with Gasteiger partial charge >= 0.3 is 0 Å². The number of rotatable bonds is 4. The predicted molar refractivity (Wildman–Crippen MR) is 79.2 cm³/mol. The molecule has 102 valence electrons. The Kier molecular flexibility index (Phi) is 4.05. The van der Waals surface area contributed by atoms with E-state index in [1.807, 2.05) is 7.05 Å². The van der Waals surface area contributed by atoms with Gasteiger partial charge in [0.25, 0.3) is 0 Å². The Labute approximate surface area is 115 Å². The third kappa shape index (κ3) is 3.44. The van der Waals surface area contributed by atoms with Gasteiger partial charge in [-0.2, -0.15) is 0 Å². The summed E-state index contributed by atoms with van der Waals surface area (Å²) >= 11 is 0. The van der Waals surface area contributed by atoms with E-state index in [-0.39, 0.29) is 5.41 Å². The maximum absolute atomic E-state index is 4.77. The predicted octanol–water partition coefficient (Wildman–Crippen LogP) is 2.95. The van der Waals surface area contributed by atoms with Crippen molar-refractivity contribution in [3.05, 3.63) is 53.6 Å². The van der Waals surface area contributed by atoms with Gasteiger partial charge in [0.2, 0.25) is 0 Å². The van der Waals surface area contributed by atoms with Crippen molar-refractivity contribution in [2.75, 3.05) is 7.05 Å². The van der Waals surface area contributed by atoms with Crippen LogP contribution in [-0.4, -0.2) is 16.6 Å². The molecule has 0 saturated carbocycles. The molecule has 0 bridgehead atoms. The molecular formula is C16H23N3. The number of hydrogen-bond acceptors (Lipinski definition) is 2. The van der Waals surface area contributed by atoms with E-state index in [9.17, 15) is 0 Å². The van der Waals surface area contributed by atoms with E-state index in [0.717, 1.165) is 24.6 Å². The third-order valence-corrected chi connectivity index (χ3v) is 3.05. The van der Waals surface area contributed by atoms with Gasteiger partial charge in [-0.3, -0.25) is 0 Å². The molecule has 3 nitrogen and oxygen atoms in total. The molecule has 0 radical (unpaired) electrons. The van der Waals surface area contributed by atoms with Gasteiger partial charge in [-0.25, -0.2) is 4.98 Å². The van der Waals surface area contributed by atoms with Crippen molar-refractivity contribution in [1.29, 1.82) is 0 Å². The molecule has 0 spiro atoms. The normalized spacial score (nSPS) is 11.8. The first kappa shape index (κ1) is 13.8. The lowest BCUT2D eigenvalue weighted by molar-refractivity contribution is 0.510. The van der Waals surface area contributed by atoms with Crippen LogP contribution in [0.1, 0.15) is 37.9 Å². The van der Waals surface area contributed by atoms with Gasteiger partial charge in [-0.1, -0.05) is 51.1 Å². The molecule has 19 heavy (non-hydrogen) atoms. The van der Waals surface area contributed by atoms with Gasteiger partial charge in [0.05, 0.1) is 5.69 Å². The number of nitrogens with one attached hydrogen (secondary N) is 1. The van der Waals surface area contributed by atoms with Crippen LogP contribution in [0.3, 0.4) is 0 Å². The monoisotopic (exact) mass is 257 g/mol. The lowest BCUT2D eigenvalue weighted by Gasteiger charge is -2.19. The minimum atomic E-state index is 0.0563. The van der Waals surface area contributed by atoms with Gasteiger partial charge in [0.1, 0.15) is 5.82 Å². The molecule has 0 saturated heterocycles. The Morgan fingerprint density at radius 1 is 1.16 bits per heavy atom. The number of hydrogen-bond donors (Lipinski definition) is 1. The fourth-order valence-electron chi connectivity index (χ4n) is 2.24. The molecule has 0 aliphatic rings. The minimum absolute atomic E-state index is 0.0563. The second-order valence-corrected chi connectivity index (χ2v) is 5.95. The zero-order valence-electron chi connectivity index (χ0n) is 12.3. The lowest BCUT2D eigenvalue weighted by Crippen LogP contribution is -2.19. The van der Waals surface area contributed by atoms with E-state index in [0.29, 0.717) is 0 Å². The summed E-state index contributed by atoms with van der Waals surface area (Å²) in [6, 6.07) is 10.5. The Balaban J connectivity index is 2.32. The number of nitrogens with zero attached hydrogens (tertiary/aromatic N) is 2. The highest BCUT2D eigenvalue weighted by Crippen LogP contribution is 2.22. The van der Waals surface area contributed by atoms with E-state index in [4.69, 9.17) is 4.98 Å². The van der Waals surface area contributed by atoms with Gasteiger partial charge in [0, 0.05) is 24.7 Å². The van der Waals surface area contributed by atoms with Crippen LogP contribution in [0.25, 0.3) is 0 Å². The molecule has 0 aliphatic carbocycles. The quantitative estimate of drug-likeness (QED) is 0.912. The van der Waals surface area contributed by atoms with Crippen LogP contribution in [0.2, 0.25) is 0 Å². The Hall–Kier alpha value is -1.61. The van der Waals surface area contributed by atoms with Crippen molar-refractivity contribution in [3.8, 4) is 0 Å². The van der Waals surface area contributed by atoms with Crippen molar-refractivity contribution in [2.24, 2.45) is 0 Å². The van der Waals surface area contributed by atoms with Crippen LogP contribution in [-0.2, 0) is 18.5 Å². The molecule has 1 aromatic heterocycles. The van der Waals surface area contributed by atoms with E-state index in [1.165, 1.54) is 5.56 Å². The van der Waals surface area contributed by atoms with Crippen LogP contribution in [0.15, 0.2) is 36.5 Å². The Bertz CT molecular complexity index is 521. The van der Waals surface area contributed by atoms with Crippen LogP contribution in [0.5, 0.6) is 0 Å². The van der Waals surface area contributed by atoms with E-state index >= 15 is 0 Å². The molecule has 0 unspecified atom stereocenters. The standard InChI is InChI=1S/C16H23N3/c1-16(2,3)15-18-14(10-17-4)12-19(15)11-13-8-6-5-7-9-13/h5-9,12,17H,10-11H2,1-4H3. The SMILES string of the molecule is CNCc1cn(Cc2ccccc2)c(C(C)(C)C)n1. The molecule has 1 heterocycles. The minimum Gasteiger partial charge on any atom is -0.330 e. The van der Waals surface area contributed by atoms with Crippen LogP contribution in [0.4, 0.5) is 0 Å². The Morgan fingerprint density at radius 3 is 2.42 bits per heavy atom. The average Bonchev–Trinajstić information content (AvgIpc) is 2.74. The Morgan fingerprint density at radius 2 is 1.84 bits per heavy atom. The highest BCUT2D eigenvalue weighted by molar-refractivity contribution is 5.19. The summed E-state index contributed by atoms with van der Waals surface area (Å²) < 4.78 is 2.27. The van der Waals surface area contributed by atoms with Crippen molar-refractivity contribution >= 4 is 0 Å². The van der Waals surface area contributed by atoms with Crippen molar-refractivity contribution in [1.82, 2.24) is 14.9 Å². The molecule has 1 aromatic carbocycles. The summed E-state index contributed by atoms with van der Waals surface area (Å²) in [6.45, 7) is 8.31. The molecule has 0 amide bonds. The largest absolute Gasteiger partial charge is 0.330 e. The maximum atomic E-state index is 4.77. The molecular weight excluding hydrogens is 234 g/mol. The van der Waals surface area contributed by atoms with Crippen molar-refractivity contribution in [3.63, 3.8) is 0 Å². The lowest BCUT2D eigenvalue weighted by atomic mass is 9.95. The van der Waals surface area contributed by atoms with Crippen LogP contribution >= 0.6 is 0 Å². The summed E-state index contributed by atoms with van der Waals surface area (Å²) in [5.74, 6) is 1.14. The van der Waals surface area contributed by atoms with E-state index in [1.54, 1.807) is 0 Å². The highest BCUT2D eigenvalue weighted by atomic mass is 15.1. The molecule has 1 N–H and O–H groups in total. The average molecular weight is 257 g/mol. The highest BCUT2D eigenvalue weighted by Gasteiger charge is 2.21. The van der Waals surface area contributed by atoms with Gasteiger partial charge in [-0.05, 0) is 12.6 Å².